The Morgan fingerprint density at radius 3 is 0.812 bits per heavy atom. The van der Waals surface area contributed by atoms with Crippen LogP contribution in [0.2, 0.25) is 0 Å². The smallest absolute Gasteiger partial charge is 0.164 e. The molecule has 12 aromatic carbocycles. The maximum atomic E-state index is 5.29. The Labute approximate surface area is 463 Å². The zero-order chi connectivity index (χ0) is 52.9. The molecule has 0 bridgehead atoms. The topological polar surface area (TPSA) is 48.5 Å². The summed E-state index contributed by atoms with van der Waals surface area (Å²) in [4.78, 5) is 15.7. The number of hydrogen-bond acceptors (Lipinski definition) is 3. The average Bonchev–Trinajstić information content (AvgIpc) is 4.23. The maximum absolute atomic E-state index is 5.29. The van der Waals surface area contributed by atoms with Gasteiger partial charge in [-0.25, -0.2) is 15.0 Å². The third-order valence-electron chi connectivity index (χ3n) is 15.6. The number of nitrogens with zero attached hydrogens (tertiary/aromatic N) is 5. The average molecular weight is 1020 g/mol. The lowest BCUT2D eigenvalue weighted by Crippen LogP contribution is -2.03. The minimum atomic E-state index is 0.587. The van der Waals surface area contributed by atoms with Gasteiger partial charge in [-0.2, -0.15) is 0 Å². The lowest BCUT2D eigenvalue weighted by Gasteiger charge is -2.20. The summed E-state index contributed by atoms with van der Waals surface area (Å²) in [6.07, 6.45) is 0. The van der Waals surface area contributed by atoms with Crippen LogP contribution in [-0.4, -0.2) is 24.1 Å². The second kappa shape index (κ2) is 19.7. The summed E-state index contributed by atoms with van der Waals surface area (Å²) < 4.78 is 4.93. The minimum Gasteiger partial charge on any atom is -0.309 e. The van der Waals surface area contributed by atoms with Crippen LogP contribution in [0.5, 0.6) is 0 Å². The molecule has 0 spiro atoms. The Hall–Kier alpha value is -10.8. The van der Waals surface area contributed by atoms with Crippen LogP contribution in [0.15, 0.2) is 297 Å². The van der Waals surface area contributed by atoms with E-state index in [1.54, 1.807) is 0 Å². The first-order chi connectivity index (χ1) is 39.7. The molecule has 3 heterocycles. The number of benzene rings is 12. The molecule has 15 rings (SSSR count). The van der Waals surface area contributed by atoms with E-state index < -0.39 is 0 Å². The summed E-state index contributed by atoms with van der Waals surface area (Å²) in [5, 5.41) is 4.71. The second-order valence-corrected chi connectivity index (χ2v) is 20.3. The summed E-state index contributed by atoms with van der Waals surface area (Å²) in [5.41, 5.74) is 20.7. The number of fused-ring (bicyclic) bond motifs is 6. The van der Waals surface area contributed by atoms with E-state index in [-0.39, 0.29) is 0 Å². The Balaban J connectivity index is 1.02. The maximum Gasteiger partial charge on any atom is 0.164 e. The minimum absolute atomic E-state index is 0.587. The van der Waals surface area contributed by atoms with Crippen molar-refractivity contribution < 1.29 is 0 Å². The van der Waals surface area contributed by atoms with Gasteiger partial charge in [0.1, 0.15) is 0 Å². The molecule has 5 heteroatoms. The fraction of sp³-hybridized carbons (Fsp3) is 0. The fourth-order valence-electron chi connectivity index (χ4n) is 11.7. The van der Waals surface area contributed by atoms with Crippen molar-refractivity contribution in [3.8, 4) is 101 Å². The molecule has 0 amide bonds. The van der Waals surface area contributed by atoms with Crippen LogP contribution in [0.4, 0.5) is 0 Å². The van der Waals surface area contributed by atoms with E-state index >= 15 is 0 Å². The third kappa shape index (κ3) is 8.24. The van der Waals surface area contributed by atoms with Crippen molar-refractivity contribution in [2.24, 2.45) is 0 Å². The number of aromatic nitrogens is 5. The van der Waals surface area contributed by atoms with Gasteiger partial charge in [-0.1, -0.05) is 224 Å². The van der Waals surface area contributed by atoms with Gasteiger partial charge < -0.3 is 9.13 Å². The second-order valence-electron chi connectivity index (χ2n) is 20.3. The van der Waals surface area contributed by atoms with Crippen LogP contribution in [-0.2, 0) is 0 Å². The quantitative estimate of drug-likeness (QED) is 0.137. The summed E-state index contributed by atoms with van der Waals surface area (Å²) in [6.45, 7) is 0. The van der Waals surface area contributed by atoms with Gasteiger partial charge in [-0.15, -0.1) is 0 Å². The molecule has 0 atom stereocenters. The van der Waals surface area contributed by atoms with Crippen LogP contribution >= 0.6 is 0 Å². The number of hydrogen-bond donors (Lipinski definition) is 0. The van der Waals surface area contributed by atoms with Gasteiger partial charge in [0.15, 0.2) is 17.5 Å². The van der Waals surface area contributed by atoms with Crippen molar-refractivity contribution >= 4 is 43.6 Å². The van der Waals surface area contributed by atoms with Gasteiger partial charge in [-0.3, -0.25) is 0 Å². The molecule has 0 N–H and O–H groups in total. The Morgan fingerprint density at radius 2 is 0.463 bits per heavy atom. The number of rotatable bonds is 10. The van der Waals surface area contributed by atoms with E-state index in [1.165, 1.54) is 66.1 Å². The summed E-state index contributed by atoms with van der Waals surface area (Å²) in [7, 11) is 0. The van der Waals surface area contributed by atoms with Crippen LogP contribution in [0.25, 0.3) is 145 Å². The van der Waals surface area contributed by atoms with E-state index in [0.717, 1.165) is 61.3 Å². The van der Waals surface area contributed by atoms with Gasteiger partial charge >= 0.3 is 0 Å². The van der Waals surface area contributed by atoms with Gasteiger partial charge in [0.2, 0.25) is 0 Å². The number of para-hydroxylation sites is 1. The molecule has 5 nitrogen and oxygen atoms in total. The summed E-state index contributed by atoms with van der Waals surface area (Å²) >= 11 is 0. The molecule has 374 valence electrons. The zero-order valence-electron chi connectivity index (χ0n) is 43.5. The Bertz CT molecular complexity index is 4530. The van der Waals surface area contributed by atoms with Crippen LogP contribution < -0.4 is 0 Å². The first-order valence-corrected chi connectivity index (χ1v) is 27.2. The van der Waals surface area contributed by atoms with Gasteiger partial charge in [0.25, 0.3) is 0 Å². The van der Waals surface area contributed by atoms with E-state index in [9.17, 15) is 0 Å². The predicted octanol–water partition coefficient (Wildman–Crippen LogP) is 19.4. The monoisotopic (exact) mass is 1020 g/mol. The summed E-state index contributed by atoms with van der Waals surface area (Å²) in [5.74, 6) is 1.81. The molecule has 0 fully saturated rings. The Kier molecular flexibility index (Phi) is 11.4. The standard InChI is InChI=1S/C75H49N5/c1-7-21-50(22-8-1)56-35-40-69-63(45-56)64-46-57(51-23-9-2-10-24-51)36-41-70(64)79(69)67-34-20-19-33-61(67)62-49-60(75-77-73(54-29-15-5-16-30-54)76-74(78-75)55-31-17-6-18-32-55)39-44-68(62)80-71-42-37-58(52-25-11-3-12-26-52)47-65(71)66-48-59(38-43-72(66)80)53-27-13-4-14-28-53/h1-49H. The molecular weight excluding hydrogens is 971 g/mol. The molecule has 0 aliphatic rings. The van der Waals surface area contributed by atoms with Crippen LogP contribution in [0, 0.1) is 0 Å². The molecule has 0 aliphatic heterocycles. The highest BCUT2D eigenvalue weighted by Gasteiger charge is 2.24. The molecule has 3 aromatic heterocycles. The highest BCUT2D eigenvalue weighted by atomic mass is 15.0. The largest absolute Gasteiger partial charge is 0.309 e. The van der Waals surface area contributed by atoms with Gasteiger partial charge in [-0.05, 0) is 117 Å². The highest BCUT2D eigenvalue weighted by Crippen LogP contribution is 2.45. The van der Waals surface area contributed by atoms with E-state index in [0.29, 0.717) is 17.5 Å². The van der Waals surface area contributed by atoms with Gasteiger partial charge in [0.05, 0.1) is 33.4 Å². The van der Waals surface area contributed by atoms with E-state index in [2.05, 4.69) is 270 Å². The first kappa shape index (κ1) is 46.5. The first-order valence-electron chi connectivity index (χ1n) is 27.2. The van der Waals surface area contributed by atoms with Crippen LogP contribution in [0.3, 0.4) is 0 Å². The lowest BCUT2D eigenvalue weighted by atomic mass is 9.97. The Morgan fingerprint density at radius 1 is 0.188 bits per heavy atom. The van der Waals surface area contributed by atoms with Crippen molar-refractivity contribution in [1.82, 2.24) is 24.1 Å². The van der Waals surface area contributed by atoms with Crippen molar-refractivity contribution in [1.29, 1.82) is 0 Å². The zero-order valence-corrected chi connectivity index (χ0v) is 43.5. The highest BCUT2D eigenvalue weighted by molar-refractivity contribution is 6.14. The van der Waals surface area contributed by atoms with Crippen molar-refractivity contribution in [3.05, 3.63) is 297 Å². The fourth-order valence-corrected chi connectivity index (χ4v) is 11.7. The van der Waals surface area contributed by atoms with Crippen molar-refractivity contribution in [2.45, 2.75) is 0 Å². The SMILES string of the molecule is c1ccc(-c2ccc3c(c2)c2cc(-c4ccccc4)ccc2n3-c2ccccc2-c2cc(-c3nc(-c4ccccc4)nc(-c4ccccc4)n3)ccc2-n2c3ccc(-c4ccccc4)cc3c3cc(-c4ccccc4)ccc32)cc1. The molecule has 15 aromatic rings. The van der Waals surface area contributed by atoms with Crippen molar-refractivity contribution in [2.75, 3.05) is 0 Å². The normalized spacial score (nSPS) is 11.5. The van der Waals surface area contributed by atoms with E-state index in [1.807, 2.05) is 36.4 Å². The molecule has 0 unspecified atom stereocenters. The molecule has 0 radical (unpaired) electrons. The van der Waals surface area contributed by atoms with Crippen LogP contribution in [0.1, 0.15) is 0 Å². The molecule has 0 aliphatic carbocycles. The predicted molar refractivity (Wildman–Crippen MR) is 332 cm³/mol. The third-order valence-corrected chi connectivity index (χ3v) is 15.6. The molecule has 80 heavy (non-hydrogen) atoms. The molecular formula is C75H49N5. The van der Waals surface area contributed by atoms with Crippen molar-refractivity contribution in [3.63, 3.8) is 0 Å². The van der Waals surface area contributed by atoms with E-state index in [4.69, 9.17) is 15.0 Å². The molecule has 0 saturated carbocycles. The summed E-state index contributed by atoms with van der Waals surface area (Å²) in [6, 6.07) is 107. The molecule has 0 saturated heterocycles. The lowest BCUT2D eigenvalue weighted by molar-refractivity contribution is 1.07. The van der Waals surface area contributed by atoms with Gasteiger partial charge in [0, 0.05) is 49.4 Å².